The van der Waals surface area contributed by atoms with Crippen molar-refractivity contribution < 1.29 is 37.0 Å². The molecule has 0 aliphatic carbocycles. The van der Waals surface area contributed by atoms with Crippen molar-refractivity contribution in [3.63, 3.8) is 0 Å². The van der Waals surface area contributed by atoms with Crippen LogP contribution in [0.3, 0.4) is 0 Å². The highest BCUT2D eigenvalue weighted by atomic mass is 35.5. The summed E-state index contributed by atoms with van der Waals surface area (Å²) in [6.07, 6.45) is 6.02. The lowest BCUT2D eigenvalue weighted by molar-refractivity contribution is 0.251. The van der Waals surface area contributed by atoms with Gasteiger partial charge in [-0.25, -0.2) is 37.7 Å². The number of halogens is 7. The summed E-state index contributed by atoms with van der Waals surface area (Å²) >= 11 is 23.7. The third-order valence-electron chi connectivity index (χ3n) is 13.0. The van der Waals surface area contributed by atoms with Crippen molar-refractivity contribution in [2.45, 2.75) is 19.3 Å². The number of nitrogens with two attached hydrogens (primary N) is 1. The molecule has 10 rings (SSSR count). The summed E-state index contributed by atoms with van der Waals surface area (Å²) in [5.41, 5.74) is 12.8. The molecule has 83 heavy (non-hydrogen) atoms. The smallest absolute Gasteiger partial charge is 0.323 e. The molecule has 20 heteroatoms. The monoisotopic (exact) mass is 1200 g/mol. The van der Waals surface area contributed by atoms with Crippen molar-refractivity contribution in [1.82, 2.24) is 25.6 Å². The maximum atomic E-state index is 15.4. The molecular weight excluding hydrogens is 1150 g/mol. The molecule has 0 saturated carbocycles. The van der Waals surface area contributed by atoms with Crippen molar-refractivity contribution in [2.75, 3.05) is 62.8 Å². The minimum atomic E-state index is -0.386. The first-order chi connectivity index (χ1) is 40.2. The van der Waals surface area contributed by atoms with Gasteiger partial charge in [0.05, 0.1) is 38.0 Å². The Bertz CT molecular complexity index is 3720. The van der Waals surface area contributed by atoms with E-state index in [0.717, 1.165) is 16.7 Å². The molecule has 13 nitrogen and oxygen atoms in total. The Morgan fingerprint density at radius 1 is 0.590 bits per heavy atom. The van der Waals surface area contributed by atoms with Gasteiger partial charge in [0.25, 0.3) is 0 Å². The van der Waals surface area contributed by atoms with E-state index in [1.54, 1.807) is 157 Å². The lowest BCUT2D eigenvalue weighted by atomic mass is 9.97. The number of nitrogens with one attached hydrogen (secondary N) is 3. The van der Waals surface area contributed by atoms with Crippen LogP contribution in [0.2, 0.25) is 15.1 Å². The number of hydrogen-bond donors (Lipinski definition) is 4. The molecule has 6 aromatic carbocycles. The van der Waals surface area contributed by atoms with E-state index in [0.29, 0.717) is 145 Å². The van der Waals surface area contributed by atoms with Crippen LogP contribution in [-0.4, -0.2) is 73.9 Å². The topological polar surface area (TPSA) is 166 Å². The second kappa shape index (κ2) is 28.9. The number of pyridine rings is 3. The SMILES string of the molecule is COc1ccc(Cc2ccc(N)nc2)c(F)c1-c1cccc(Cl)c1.COc1ccc(Cc2ccc(N3CCNC3=O)nc2)c(F)c1-c1cccc(Cl)c1.COc1ccc(Cc2ccc(NC(=O)NCCCl)nc2)c(F)c1-c1cccc(Cl)c1. The zero-order chi connectivity index (χ0) is 59.0. The number of alkyl halides is 1. The summed E-state index contributed by atoms with van der Waals surface area (Å²) in [7, 11) is 4.54. The molecule has 4 amide bonds. The van der Waals surface area contributed by atoms with Crippen LogP contribution in [0.5, 0.6) is 17.2 Å². The quantitative estimate of drug-likeness (QED) is 0.0689. The number of carbonyl (C=O) groups is 2. The maximum Gasteiger partial charge on any atom is 0.323 e. The normalized spacial score (nSPS) is 11.6. The van der Waals surface area contributed by atoms with Gasteiger partial charge in [0.2, 0.25) is 0 Å². The number of aromatic nitrogens is 3. The second-order valence-electron chi connectivity index (χ2n) is 18.5. The highest BCUT2D eigenvalue weighted by Crippen LogP contribution is 2.39. The van der Waals surface area contributed by atoms with Crippen molar-refractivity contribution >= 4 is 75.9 Å². The number of nitrogen functional groups attached to an aromatic ring is 1. The minimum absolute atomic E-state index is 0.155. The number of carbonyl (C=O) groups excluding carboxylic acids is 2. The Balaban J connectivity index is 0.000000164. The molecular formula is C63H55Cl4F3N8O5. The van der Waals surface area contributed by atoms with Crippen LogP contribution in [0, 0.1) is 17.5 Å². The Hall–Kier alpha value is -8.54. The van der Waals surface area contributed by atoms with E-state index in [-0.39, 0.29) is 29.5 Å². The molecule has 4 heterocycles. The standard InChI is InChI=1S/C22H20Cl2FN3O2.C22H19ClFN3O2.C19H16ClFN2O/c1-30-18-7-6-16(21(25)20(18)15-3-2-4-17(24)12-15)11-14-5-8-19(27-13-14)28-22(29)26-10-9-23;1-29-18-7-6-16(21(24)20(18)15-3-2-4-17(23)12-15)11-14-5-8-19(26-13-14)27-10-9-25-22(27)28;1-24-16-7-6-14(9-12-5-8-17(22)23-11-12)19(21)18(16)13-3-2-4-15(20)10-13/h2-8,12-13H,9-11H2,1H3,(H2,26,27,28,29);2-8,12-13H,9-11H2,1H3,(H,25,28);2-8,10-11H,9H2,1H3,(H2,22,23). The molecule has 1 aliphatic heterocycles. The number of ether oxygens (including phenoxy) is 3. The van der Waals surface area contributed by atoms with Crippen LogP contribution in [-0.2, 0) is 19.3 Å². The molecule has 426 valence electrons. The highest BCUT2D eigenvalue weighted by molar-refractivity contribution is 6.31. The fourth-order valence-electron chi connectivity index (χ4n) is 8.96. The number of benzene rings is 6. The zero-order valence-electron chi connectivity index (χ0n) is 45.1. The molecule has 0 radical (unpaired) electrons. The Kier molecular flexibility index (Phi) is 21.1. The number of hydrogen-bond acceptors (Lipinski definition) is 9. The fraction of sp³-hybridized carbons (Fsp3) is 0.159. The molecule has 1 aliphatic rings. The third kappa shape index (κ3) is 15.7. The predicted octanol–water partition coefficient (Wildman–Crippen LogP) is 14.9. The summed E-state index contributed by atoms with van der Waals surface area (Å²) < 4.78 is 62.0. The van der Waals surface area contributed by atoms with Crippen LogP contribution in [0.15, 0.2) is 164 Å². The first-order valence-electron chi connectivity index (χ1n) is 25.8. The lowest BCUT2D eigenvalue weighted by Crippen LogP contribution is -2.30. The third-order valence-corrected chi connectivity index (χ3v) is 13.9. The fourth-order valence-corrected chi connectivity index (χ4v) is 9.62. The lowest BCUT2D eigenvalue weighted by Gasteiger charge is -2.15. The zero-order valence-corrected chi connectivity index (χ0v) is 48.1. The first kappa shape index (κ1) is 60.6. The van der Waals surface area contributed by atoms with Gasteiger partial charge in [0.1, 0.15) is 52.2 Å². The van der Waals surface area contributed by atoms with E-state index in [1.165, 1.54) is 21.3 Å². The average Bonchev–Trinajstić information content (AvgIpc) is 4.13. The van der Waals surface area contributed by atoms with Gasteiger partial charge in [0.15, 0.2) is 0 Å². The average molecular weight is 1200 g/mol. The molecule has 9 aromatic rings. The molecule has 0 bridgehead atoms. The van der Waals surface area contributed by atoms with Crippen molar-refractivity contribution in [2.24, 2.45) is 0 Å². The molecule has 1 saturated heterocycles. The first-order valence-corrected chi connectivity index (χ1v) is 27.4. The Morgan fingerprint density at radius 2 is 1.02 bits per heavy atom. The summed E-state index contributed by atoms with van der Waals surface area (Å²) in [6.45, 7) is 1.55. The van der Waals surface area contributed by atoms with E-state index < -0.39 is 0 Å². The van der Waals surface area contributed by atoms with Crippen LogP contribution < -0.4 is 40.8 Å². The molecule has 1 fully saturated rings. The van der Waals surface area contributed by atoms with E-state index in [2.05, 4.69) is 30.9 Å². The second-order valence-corrected chi connectivity index (χ2v) is 20.2. The molecule has 0 unspecified atom stereocenters. The predicted molar refractivity (Wildman–Crippen MR) is 324 cm³/mol. The van der Waals surface area contributed by atoms with Gasteiger partial charge in [-0.3, -0.25) is 10.2 Å². The molecule has 3 aromatic heterocycles. The Morgan fingerprint density at radius 3 is 1.37 bits per heavy atom. The van der Waals surface area contributed by atoms with Crippen LogP contribution in [0.4, 0.5) is 40.2 Å². The number of urea groups is 2. The van der Waals surface area contributed by atoms with E-state index in [1.807, 2.05) is 12.1 Å². The van der Waals surface area contributed by atoms with Crippen LogP contribution >= 0.6 is 46.4 Å². The van der Waals surface area contributed by atoms with Crippen molar-refractivity contribution in [3.8, 4) is 50.6 Å². The van der Waals surface area contributed by atoms with E-state index in [9.17, 15) is 9.59 Å². The summed E-state index contributed by atoms with van der Waals surface area (Å²) in [4.78, 5) is 37.6. The van der Waals surface area contributed by atoms with Gasteiger partial charge in [-0.15, -0.1) is 11.6 Å². The molecule has 0 atom stereocenters. The highest BCUT2D eigenvalue weighted by Gasteiger charge is 2.23. The number of rotatable bonds is 16. The van der Waals surface area contributed by atoms with Gasteiger partial charge < -0.3 is 30.6 Å². The van der Waals surface area contributed by atoms with Crippen LogP contribution in [0.25, 0.3) is 33.4 Å². The minimum Gasteiger partial charge on any atom is -0.496 e. The molecule has 5 N–H and O–H groups in total. The van der Waals surface area contributed by atoms with Crippen molar-refractivity contribution in [1.29, 1.82) is 0 Å². The van der Waals surface area contributed by atoms with Crippen molar-refractivity contribution in [3.05, 3.63) is 230 Å². The number of nitrogens with zero attached hydrogens (tertiary/aromatic N) is 4. The maximum absolute atomic E-state index is 15.4. The number of methoxy groups -OCH3 is 3. The number of amides is 4. The molecule has 0 spiro atoms. The van der Waals surface area contributed by atoms with Gasteiger partial charge >= 0.3 is 12.1 Å². The van der Waals surface area contributed by atoms with Gasteiger partial charge in [-0.1, -0.05) is 108 Å². The van der Waals surface area contributed by atoms with Crippen LogP contribution in [0.1, 0.15) is 33.4 Å². The van der Waals surface area contributed by atoms with Gasteiger partial charge in [-0.2, -0.15) is 0 Å². The van der Waals surface area contributed by atoms with E-state index in [4.69, 9.17) is 66.3 Å². The summed E-state index contributed by atoms with van der Waals surface area (Å²) in [5.74, 6) is 2.02. The van der Waals surface area contributed by atoms with Gasteiger partial charge in [-0.05, 0) is 123 Å². The number of anilines is 3. The summed E-state index contributed by atoms with van der Waals surface area (Å²) in [6, 6.07) is 41.5. The van der Waals surface area contributed by atoms with E-state index >= 15 is 13.2 Å². The Labute approximate surface area is 498 Å². The summed E-state index contributed by atoms with van der Waals surface area (Å²) in [5, 5.41) is 9.52. The van der Waals surface area contributed by atoms with Gasteiger partial charge in [0, 0.05) is 78.4 Å². The largest absolute Gasteiger partial charge is 0.496 e.